The van der Waals surface area contributed by atoms with Gasteiger partial charge < -0.3 is 16.2 Å². The van der Waals surface area contributed by atoms with Gasteiger partial charge in [-0.1, -0.05) is 18.2 Å². The maximum Gasteiger partial charge on any atom is 0.253 e. The number of nitrogens with one attached hydrogen (secondary N) is 1. The first-order valence-corrected chi connectivity index (χ1v) is 8.88. The number of aliphatic hydroxyl groups is 1. The normalized spacial score (nSPS) is 14.2. The van der Waals surface area contributed by atoms with Gasteiger partial charge in [0.05, 0.1) is 18.2 Å². The summed E-state index contributed by atoms with van der Waals surface area (Å²) in [5, 5.41) is 18.1. The van der Waals surface area contributed by atoms with Gasteiger partial charge in [0.25, 0.3) is 5.91 Å². The van der Waals surface area contributed by atoms with Crippen molar-refractivity contribution >= 4 is 11.6 Å². The second kappa shape index (κ2) is 7.96. The summed E-state index contributed by atoms with van der Waals surface area (Å²) in [7, 11) is 0. The minimum Gasteiger partial charge on any atom is -0.398 e. The van der Waals surface area contributed by atoms with Gasteiger partial charge >= 0.3 is 0 Å². The first-order chi connectivity index (χ1) is 13.7. The molecule has 2 aromatic carbocycles. The van der Waals surface area contributed by atoms with Gasteiger partial charge in [-0.2, -0.15) is 5.10 Å². The molecule has 29 heavy (non-hydrogen) atoms. The monoisotopic (exact) mass is 401 g/mol. The van der Waals surface area contributed by atoms with E-state index in [2.05, 4.69) is 15.4 Å². The van der Waals surface area contributed by atoms with E-state index in [4.69, 9.17) is 5.73 Å². The molecule has 4 N–H and O–H groups in total. The van der Waals surface area contributed by atoms with Crippen LogP contribution in [0.1, 0.15) is 28.4 Å². The smallest absolute Gasteiger partial charge is 0.253 e. The summed E-state index contributed by atoms with van der Waals surface area (Å²) in [6.07, 6.45) is 2.61. The van der Waals surface area contributed by atoms with Crippen LogP contribution in [0.2, 0.25) is 0 Å². The average Bonchev–Trinajstić information content (AvgIpc) is 3.14. The standard InChI is InChI=1S/C20H21F2N5O2/c1-12-4-3-5-17(23)18(12)19(28)26-13(2)20(29,9-27-11-24-10-25-27)15-7-6-14(21)8-16(15)22/h3-8,10-11,13,29H,9,23H2,1-2H3,(H,26,28)/t13-,20-/m1/s1. The molecule has 0 saturated carbocycles. The van der Waals surface area contributed by atoms with Crippen LogP contribution < -0.4 is 11.1 Å². The summed E-state index contributed by atoms with van der Waals surface area (Å²) in [6.45, 7) is 3.03. The number of nitrogen functional groups attached to an aromatic ring is 1. The number of nitrogens with two attached hydrogens (primary N) is 1. The zero-order valence-electron chi connectivity index (χ0n) is 15.9. The van der Waals surface area contributed by atoms with E-state index in [1.165, 1.54) is 24.3 Å². The van der Waals surface area contributed by atoms with E-state index in [1.807, 2.05) is 0 Å². The molecule has 0 saturated heterocycles. The molecule has 1 heterocycles. The van der Waals surface area contributed by atoms with Crippen molar-refractivity contribution < 1.29 is 18.7 Å². The van der Waals surface area contributed by atoms with Crippen molar-refractivity contribution in [2.75, 3.05) is 5.73 Å². The lowest BCUT2D eigenvalue weighted by molar-refractivity contribution is -0.0186. The first-order valence-electron chi connectivity index (χ1n) is 8.88. The Hall–Kier alpha value is -3.33. The SMILES string of the molecule is Cc1cccc(N)c1C(=O)N[C@H](C)[C@](O)(Cn1cncn1)c1ccc(F)cc1F. The molecule has 0 aliphatic rings. The third-order valence-electron chi connectivity index (χ3n) is 4.86. The Labute approximate surface area is 166 Å². The number of amides is 1. The van der Waals surface area contributed by atoms with E-state index in [0.717, 1.165) is 12.1 Å². The first kappa shape index (κ1) is 20.4. The van der Waals surface area contributed by atoms with Crippen molar-refractivity contribution in [1.29, 1.82) is 0 Å². The Kier molecular flexibility index (Phi) is 5.60. The highest BCUT2D eigenvalue weighted by atomic mass is 19.1. The van der Waals surface area contributed by atoms with Crippen LogP contribution in [0.15, 0.2) is 49.1 Å². The molecule has 3 rings (SSSR count). The zero-order valence-corrected chi connectivity index (χ0v) is 15.9. The summed E-state index contributed by atoms with van der Waals surface area (Å²) in [5.74, 6) is -2.24. The number of hydrogen-bond donors (Lipinski definition) is 3. The predicted molar refractivity (Wildman–Crippen MR) is 103 cm³/mol. The summed E-state index contributed by atoms with van der Waals surface area (Å²) < 4.78 is 29.2. The lowest BCUT2D eigenvalue weighted by Crippen LogP contribution is -2.52. The second-order valence-electron chi connectivity index (χ2n) is 6.88. The van der Waals surface area contributed by atoms with Gasteiger partial charge in [0.2, 0.25) is 0 Å². The molecule has 0 bridgehead atoms. The van der Waals surface area contributed by atoms with Crippen molar-refractivity contribution in [3.63, 3.8) is 0 Å². The van der Waals surface area contributed by atoms with Crippen molar-refractivity contribution in [3.8, 4) is 0 Å². The minimum absolute atomic E-state index is 0.181. The van der Waals surface area contributed by atoms with Gasteiger partial charge in [-0.3, -0.25) is 4.79 Å². The van der Waals surface area contributed by atoms with Crippen LogP contribution in [-0.2, 0) is 12.1 Å². The number of rotatable bonds is 6. The van der Waals surface area contributed by atoms with Crippen molar-refractivity contribution in [2.24, 2.45) is 0 Å². The van der Waals surface area contributed by atoms with Crippen LogP contribution in [0.25, 0.3) is 0 Å². The third-order valence-corrected chi connectivity index (χ3v) is 4.86. The largest absolute Gasteiger partial charge is 0.398 e. The highest BCUT2D eigenvalue weighted by molar-refractivity contribution is 6.00. The van der Waals surface area contributed by atoms with Gasteiger partial charge in [-0.25, -0.2) is 18.4 Å². The van der Waals surface area contributed by atoms with E-state index in [0.29, 0.717) is 11.6 Å². The maximum absolute atomic E-state index is 14.5. The number of aryl methyl sites for hydroxylation is 1. The predicted octanol–water partition coefficient (Wildman–Crippen LogP) is 2.15. The van der Waals surface area contributed by atoms with Crippen LogP contribution in [0, 0.1) is 18.6 Å². The van der Waals surface area contributed by atoms with Crippen LogP contribution in [-0.4, -0.2) is 31.8 Å². The number of nitrogens with zero attached hydrogens (tertiary/aromatic N) is 3. The summed E-state index contributed by atoms with van der Waals surface area (Å²) in [5.41, 5.74) is 5.00. The second-order valence-corrected chi connectivity index (χ2v) is 6.88. The van der Waals surface area contributed by atoms with Crippen LogP contribution in [0.3, 0.4) is 0 Å². The molecule has 0 aliphatic carbocycles. The fraction of sp³-hybridized carbons (Fsp3) is 0.250. The van der Waals surface area contributed by atoms with Crippen molar-refractivity contribution in [2.45, 2.75) is 32.0 Å². The number of hydrogen-bond acceptors (Lipinski definition) is 5. The molecule has 0 aliphatic heterocycles. The van der Waals surface area contributed by atoms with Crippen LogP contribution in [0.4, 0.5) is 14.5 Å². The molecule has 152 valence electrons. The fourth-order valence-electron chi connectivity index (χ4n) is 3.25. The molecule has 9 heteroatoms. The molecule has 1 amide bonds. The van der Waals surface area contributed by atoms with E-state index < -0.39 is 29.2 Å². The van der Waals surface area contributed by atoms with E-state index in [-0.39, 0.29) is 23.4 Å². The summed E-state index contributed by atoms with van der Waals surface area (Å²) in [4.78, 5) is 16.6. The summed E-state index contributed by atoms with van der Waals surface area (Å²) in [6, 6.07) is 6.92. The number of anilines is 1. The molecule has 0 fully saturated rings. The molecular weight excluding hydrogens is 380 g/mol. The average molecular weight is 401 g/mol. The van der Waals surface area contributed by atoms with Gasteiger partial charge in [0.15, 0.2) is 0 Å². The van der Waals surface area contributed by atoms with Gasteiger partial charge in [0, 0.05) is 17.3 Å². The Bertz CT molecular complexity index is 1010. The molecule has 0 spiro atoms. The topological polar surface area (TPSA) is 106 Å². The minimum atomic E-state index is -1.95. The molecule has 0 unspecified atom stereocenters. The Morgan fingerprint density at radius 1 is 1.34 bits per heavy atom. The van der Waals surface area contributed by atoms with Crippen molar-refractivity contribution in [3.05, 3.63) is 77.4 Å². The van der Waals surface area contributed by atoms with Gasteiger partial charge in [-0.05, 0) is 31.5 Å². The fourth-order valence-corrected chi connectivity index (χ4v) is 3.25. The molecule has 2 atom stereocenters. The van der Waals surface area contributed by atoms with Gasteiger partial charge in [0.1, 0.15) is 29.9 Å². The van der Waals surface area contributed by atoms with E-state index >= 15 is 0 Å². The molecular formula is C20H21F2N5O2. The van der Waals surface area contributed by atoms with E-state index in [9.17, 15) is 18.7 Å². The number of halogens is 2. The molecule has 3 aromatic rings. The highest BCUT2D eigenvalue weighted by Gasteiger charge is 2.40. The van der Waals surface area contributed by atoms with Crippen molar-refractivity contribution in [1.82, 2.24) is 20.1 Å². The Morgan fingerprint density at radius 2 is 2.10 bits per heavy atom. The quantitative estimate of drug-likeness (QED) is 0.549. The Morgan fingerprint density at radius 3 is 2.72 bits per heavy atom. The van der Waals surface area contributed by atoms with Gasteiger partial charge in [-0.15, -0.1) is 0 Å². The number of carbonyl (C=O) groups excluding carboxylic acids is 1. The molecule has 7 nitrogen and oxygen atoms in total. The van der Waals surface area contributed by atoms with Crippen LogP contribution in [0.5, 0.6) is 0 Å². The number of carbonyl (C=O) groups is 1. The lowest BCUT2D eigenvalue weighted by Gasteiger charge is -2.35. The number of aromatic nitrogens is 3. The maximum atomic E-state index is 14.5. The third kappa shape index (κ3) is 4.09. The lowest BCUT2D eigenvalue weighted by atomic mass is 9.86. The highest BCUT2D eigenvalue weighted by Crippen LogP contribution is 2.30. The van der Waals surface area contributed by atoms with Crippen LogP contribution >= 0.6 is 0 Å². The zero-order chi connectivity index (χ0) is 21.2. The molecule has 1 aromatic heterocycles. The number of benzene rings is 2. The Balaban J connectivity index is 1.98. The summed E-state index contributed by atoms with van der Waals surface area (Å²) >= 11 is 0. The molecule has 0 radical (unpaired) electrons. The van der Waals surface area contributed by atoms with E-state index in [1.54, 1.807) is 25.1 Å².